The summed E-state index contributed by atoms with van der Waals surface area (Å²) in [5, 5.41) is 14.1. The van der Waals surface area contributed by atoms with Crippen molar-refractivity contribution in [3.8, 4) is 0 Å². The first-order valence-corrected chi connectivity index (χ1v) is 6.49. The first-order valence-electron chi connectivity index (χ1n) is 6.49. The molecule has 1 rings (SSSR count). The molecule has 1 unspecified atom stereocenters. The molecule has 1 heterocycles. The van der Waals surface area contributed by atoms with E-state index in [0.717, 1.165) is 19.4 Å². The fourth-order valence-corrected chi connectivity index (χ4v) is 1.56. The van der Waals surface area contributed by atoms with Gasteiger partial charge in [0, 0.05) is 19.6 Å². The summed E-state index contributed by atoms with van der Waals surface area (Å²) in [5.41, 5.74) is -0.0650. The molecular formula is C12H21N5O2. The fourth-order valence-electron chi connectivity index (χ4n) is 1.56. The summed E-state index contributed by atoms with van der Waals surface area (Å²) in [6.07, 6.45) is 3.09. The largest absolute Gasteiger partial charge is 0.354 e. The Hall–Kier alpha value is -1.92. The smallest absolute Gasteiger partial charge is 0.329 e. The Kier molecular flexibility index (Phi) is 5.47. The summed E-state index contributed by atoms with van der Waals surface area (Å²) in [6.45, 7) is 6.81. The fraction of sp³-hybridized carbons (Fsp3) is 0.667. The van der Waals surface area contributed by atoms with Crippen LogP contribution in [0.5, 0.6) is 0 Å². The van der Waals surface area contributed by atoms with E-state index in [9.17, 15) is 10.1 Å². The van der Waals surface area contributed by atoms with Crippen LogP contribution in [-0.4, -0.2) is 34.5 Å². The van der Waals surface area contributed by atoms with Crippen LogP contribution in [0.1, 0.15) is 33.6 Å². The molecule has 0 aromatic carbocycles. The minimum Gasteiger partial charge on any atom is -0.354 e. The van der Waals surface area contributed by atoms with Crippen LogP contribution in [0.4, 0.5) is 17.5 Å². The number of aromatic nitrogens is 2. The van der Waals surface area contributed by atoms with E-state index in [4.69, 9.17) is 0 Å². The van der Waals surface area contributed by atoms with E-state index in [0.29, 0.717) is 11.8 Å². The SMILES string of the molecule is CCCNc1ncc([N+](=O)[O-])c(N(C)C(C)CC)n1. The molecule has 0 amide bonds. The molecule has 1 aromatic rings. The van der Waals surface area contributed by atoms with Gasteiger partial charge in [-0.05, 0) is 19.8 Å². The molecule has 7 heteroatoms. The first-order chi connectivity index (χ1) is 9.01. The summed E-state index contributed by atoms with van der Waals surface area (Å²) >= 11 is 0. The molecular weight excluding hydrogens is 246 g/mol. The zero-order valence-corrected chi connectivity index (χ0v) is 11.9. The standard InChI is InChI=1S/C12H21N5O2/c1-5-7-13-12-14-8-10(17(18)19)11(15-12)16(4)9(3)6-2/h8-9H,5-7H2,1-4H3,(H,13,14,15). The Bertz CT molecular complexity index is 438. The van der Waals surface area contributed by atoms with Crippen LogP contribution < -0.4 is 10.2 Å². The Morgan fingerprint density at radius 1 is 1.53 bits per heavy atom. The van der Waals surface area contributed by atoms with Gasteiger partial charge in [-0.25, -0.2) is 4.98 Å². The Balaban J connectivity index is 3.11. The number of hydrogen-bond acceptors (Lipinski definition) is 6. The van der Waals surface area contributed by atoms with Crippen molar-refractivity contribution in [1.29, 1.82) is 0 Å². The van der Waals surface area contributed by atoms with Gasteiger partial charge in [-0.1, -0.05) is 13.8 Å². The van der Waals surface area contributed by atoms with Gasteiger partial charge in [-0.2, -0.15) is 4.98 Å². The number of rotatable bonds is 7. The number of anilines is 2. The highest BCUT2D eigenvalue weighted by Crippen LogP contribution is 2.27. The molecule has 19 heavy (non-hydrogen) atoms. The van der Waals surface area contributed by atoms with Crippen molar-refractivity contribution in [2.24, 2.45) is 0 Å². The van der Waals surface area contributed by atoms with Gasteiger partial charge in [0.15, 0.2) is 0 Å². The normalized spacial score (nSPS) is 12.0. The Morgan fingerprint density at radius 2 is 2.21 bits per heavy atom. The third kappa shape index (κ3) is 3.77. The van der Waals surface area contributed by atoms with E-state index >= 15 is 0 Å². The lowest BCUT2D eigenvalue weighted by Gasteiger charge is -2.24. The van der Waals surface area contributed by atoms with Crippen LogP contribution >= 0.6 is 0 Å². The lowest BCUT2D eigenvalue weighted by molar-refractivity contribution is -0.384. The van der Waals surface area contributed by atoms with Crippen molar-refractivity contribution in [3.05, 3.63) is 16.3 Å². The van der Waals surface area contributed by atoms with E-state index in [1.807, 2.05) is 32.7 Å². The first kappa shape index (κ1) is 15.1. The summed E-state index contributed by atoms with van der Waals surface area (Å²) < 4.78 is 0. The molecule has 106 valence electrons. The minimum absolute atomic E-state index is 0.0650. The molecule has 1 aromatic heterocycles. The van der Waals surface area contributed by atoms with Gasteiger partial charge in [0.2, 0.25) is 11.8 Å². The molecule has 0 aliphatic rings. The summed E-state index contributed by atoms with van der Waals surface area (Å²) in [4.78, 5) is 20.6. The van der Waals surface area contributed by atoms with Crippen LogP contribution in [0.3, 0.4) is 0 Å². The van der Waals surface area contributed by atoms with Gasteiger partial charge in [0.25, 0.3) is 0 Å². The maximum atomic E-state index is 11.0. The second-order valence-corrected chi connectivity index (χ2v) is 4.45. The van der Waals surface area contributed by atoms with Gasteiger partial charge >= 0.3 is 5.69 Å². The Morgan fingerprint density at radius 3 is 2.74 bits per heavy atom. The van der Waals surface area contributed by atoms with Crippen molar-refractivity contribution in [2.45, 2.75) is 39.7 Å². The van der Waals surface area contributed by atoms with Gasteiger partial charge < -0.3 is 10.2 Å². The van der Waals surface area contributed by atoms with Gasteiger partial charge in [0.1, 0.15) is 6.20 Å². The van der Waals surface area contributed by atoms with Crippen LogP contribution in [0.15, 0.2) is 6.20 Å². The van der Waals surface area contributed by atoms with Crippen LogP contribution in [-0.2, 0) is 0 Å². The van der Waals surface area contributed by atoms with Crippen LogP contribution in [0, 0.1) is 10.1 Å². The van der Waals surface area contributed by atoms with Crippen LogP contribution in [0.2, 0.25) is 0 Å². The number of nitro groups is 1. The van der Waals surface area contributed by atoms with Crippen molar-refractivity contribution in [3.63, 3.8) is 0 Å². The van der Waals surface area contributed by atoms with Crippen molar-refractivity contribution >= 4 is 17.5 Å². The minimum atomic E-state index is -0.447. The molecule has 0 radical (unpaired) electrons. The second kappa shape index (κ2) is 6.86. The average Bonchev–Trinajstić information content (AvgIpc) is 2.42. The second-order valence-electron chi connectivity index (χ2n) is 4.45. The molecule has 0 bridgehead atoms. The highest BCUT2D eigenvalue weighted by Gasteiger charge is 2.23. The molecule has 7 nitrogen and oxygen atoms in total. The molecule has 0 spiro atoms. The predicted octanol–water partition coefficient (Wildman–Crippen LogP) is 2.44. The third-order valence-electron chi connectivity index (χ3n) is 3.07. The number of nitrogens with one attached hydrogen (secondary N) is 1. The van der Waals surface area contributed by atoms with Gasteiger partial charge in [-0.3, -0.25) is 10.1 Å². The highest BCUT2D eigenvalue weighted by molar-refractivity contribution is 5.58. The predicted molar refractivity (Wildman–Crippen MR) is 75.6 cm³/mol. The number of nitrogens with zero attached hydrogens (tertiary/aromatic N) is 4. The monoisotopic (exact) mass is 267 g/mol. The van der Waals surface area contributed by atoms with E-state index in [1.165, 1.54) is 6.20 Å². The average molecular weight is 267 g/mol. The Labute approximate surface area is 113 Å². The molecule has 1 atom stereocenters. The quantitative estimate of drug-likeness (QED) is 0.603. The summed E-state index contributed by atoms with van der Waals surface area (Å²) in [5.74, 6) is 0.783. The molecule has 1 N–H and O–H groups in total. The van der Waals surface area contributed by atoms with E-state index in [1.54, 1.807) is 0 Å². The molecule has 0 fully saturated rings. The van der Waals surface area contributed by atoms with E-state index < -0.39 is 4.92 Å². The lowest BCUT2D eigenvalue weighted by Crippen LogP contribution is -2.29. The van der Waals surface area contributed by atoms with Crippen molar-refractivity contribution in [2.75, 3.05) is 23.8 Å². The number of hydrogen-bond donors (Lipinski definition) is 1. The lowest BCUT2D eigenvalue weighted by atomic mass is 10.2. The van der Waals surface area contributed by atoms with Crippen molar-refractivity contribution < 1.29 is 4.92 Å². The zero-order chi connectivity index (χ0) is 14.4. The van der Waals surface area contributed by atoms with Crippen molar-refractivity contribution in [1.82, 2.24) is 9.97 Å². The molecule has 0 saturated carbocycles. The van der Waals surface area contributed by atoms with Gasteiger partial charge in [0.05, 0.1) is 4.92 Å². The van der Waals surface area contributed by atoms with Gasteiger partial charge in [-0.15, -0.1) is 0 Å². The third-order valence-corrected chi connectivity index (χ3v) is 3.07. The molecule has 0 aliphatic heterocycles. The zero-order valence-electron chi connectivity index (χ0n) is 11.9. The maximum Gasteiger partial charge on any atom is 0.329 e. The summed E-state index contributed by atoms with van der Waals surface area (Å²) in [6, 6.07) is 0.174. The van der Waals surface area contributed by atoms with E-state index in [2.05, 4.69) is 15.3 Å². The maximum absolute atomic E-state index is 11.0. The topological polar surface area (TPSA) is 84.2 Å². The van der Waals surface area contributed by atoms with Crippen LogP contribution in [0.25, 0.3) is 0 Å². The highest BCUT2D eigenvalue weighted by atomic mass is 16.6. The molecule has 0 saturated heterocycles. The summed E-state index contributed by atoms with van der Waals surface area (Å²) in [7, 11) is 1.81. The van der Waals surface area contributed by atoms with E-state index in [-0.39, 0.29) is 11.7 Å². The molecule has 0 aliphatic carbocycles.